The lowest BCUT2D eigenvalue weighted by Crippen LogP contribution is -2.38. The van der Waals surface area contributed by atoms with E-state index in [1.165, 1.54) is 16.2 Å². The van der Waals surface area contributed by atoms with Gasteiger partial charge in [-0.05, 0) is 84.9 Å². The van der Waals surface area contributed by atoms with Crippen LogP contribution in [-0.2, 0) is 15.9 Å². The number of rotatable bonds is 7. The monoisotopic (exact) mass is 587 g/mol. The highest BCUT2D eigenvalue weighted by Gasteiger charge is 2.24. The van der Waals surface area contributed by atoms with Crippen molar-refractivity contribution in [2.75, 3.05) is 22.1 Å². The van der Waals surface area contributed by atoms with Gasteiger partial charge in [0, 0.05) is 35.4 Å². The van der Waals surface area contributed by atoms with Crippen LogP contribution in [-0.4, -0.2) is 45.8 Å². The Kier molecular flexibility index (Phi) is 9.75. The van der Waals surface area contributed by atoms with Crippen LogP contribution >= 0.6 is 22.9 Å². The lowest BCUT2D eigenvalue weighted by Gasteiger charge is -2.27. The maximum Gasteiger partial charge on any atom is 0.414 e. The van der Waals surface area contributed by atoms with Crippen molar-refractivity contribution in [3.63, 3.8) is 0 Å². The minimum atomic E-state index is -0.699. The van der Waals surface area contributed by atoms with Gasteiger partial charge in [0.1, 0.15) is 16.4 Å². The summed E-state index contributed by atoms with van der Waals surface area (Å²) >= 11 is 7.39. The van der Waals surface area contributed by atoms with Crippen molar-refractivity contribution >= 4 is 57.5 Å². The zero-order valence-corrected chi connectivity index (χ0v) is 25.2. The molecule has 0 bridgehead atoms. The minimum absolute atomic E-state index is 0.122. The molecule has 0 saturated heterocycles. The van der Waals surface area contributed by atoms with Gasteiger partial charge in [-0.3, -0.25) is 15.0 Å². The summed E-state index contributed by atoms with van der Waals surface area (Å²) < 4.78 is 10.9. The van der Waals surface area contributed by atoms with E-state index in [-0.39, 0.29) is 17.3 Å². The highest BCUT2D eigenvalue weighted by Crippen LogP contribution is 2.24. The van der Waals surface area contributed by atoms with Crippen LogP contribution in [0.1, 0.15) is 63.3 Å². The molecule has 12 heteroatoms. The number of nitrogens with one attached hydrogen (secondary N) is 2. The number of pyridine rings is 1. The Balaban J connectivity index is 1.71. The second-order valence-electron chi connectivity index (χ2n) is 10.9. The number of anilines is 3. The fourth-order valence-corrected chi connectivity index (χ4v) is 4.37. The van der Waals surface area contributed by atoms with Gasteiger partial charge in [-0.15, -0.1) is 11.3 Å². The van der Waals surface area contributed by atoms with E-state index < -0.39 is 29.3 Å². The van der Waals surface area contributed by atoms with Crippen molar-refractivity contribution in [2.45, 2.75) is 66.1 Å². The molecule has 0 aliphatic carbocycles. The van der Waals surface area contributed by atoms with Crippen molar-refractivity contribution in [3.05, 3.63) is 63.9 Å². The van der Waals surface area contributed by atoms with Gasteiger partial charge in [-0.25, -0.2) is 19.6 Å². The van der Waals surface area contributed by atoms with Crippen LogP contribution in [0.4, 0.5) is 26.1 Å². The van der Waals surface area contributed by atoms with Crippen LogP contribution in [0.3, 0.4) is 0 Å². The molecule has 0 radical (unpaired) electrons. The highest BCUT2D eigenvalue weighted by molar-refractivity contribution is 7.13. The third-order valence-corrected chi connectivity index (χ3v) is 6.13. The molecular weight excluding hydrogens is 554 g/mol. The number of hydrogen-bond donors (Lipinski definition) is 2. The molecule has 3 amide bonds. The number of ether oxygens (including phenoxy) is 2. The lowest BCUT2D eigenvalue weighted by atomic mass is 10.2. The molecule has 0 fully saturated rings. The first-order valence-corrected chi connectivity index (χ1v) is 13.8. The predicted molar refractivity (Wildman–Crippen MR) is 158 cm³/mol. The van der Waals surface area contributed by atoms with Crippen molar-refractivity contribution in [1.82, 2.24) is 9.97 Å². The molecule has 10 nitrogen and oxygen atoms in total. The molecule has 1 aromatic carbocycles. The number of aryl methyl sites for hydroxylation is 1. The standard InChI is InChI=1S/C28H34ClN5O5S/c1-17-8-13-21(22(29)30-17)23(35)31-18-9-11-20(12-10-18)34(26(37)39-28(5,6)7)15-14-19-16-40-24(32-19)33-25(36)38-27(2,3)4/h8-13,16H,14-15H2,1-7H3,(H,31,35)(H,32,33,36). The van der Waals surface area contributed by atoms with Gasteiger partial charge in [-0.1, -0.05) is 11.6 Å². The highest BCUT2D eigenvalue weighted by atomic mass is 35.5. The summed E-state index contributed by atoms with van der Waals surface area (Å²) in [6.07, 6.45) is -0.704. The molecule has 3 aromatic rings. The van der Waals surface area contributed by atoms with E-state index in [1.807, 2.05) is 5.38 Å². The van der Waals surface area contributed by atoms with Crippen molar-refractivity contribution < 1.29 is 23.9 Å². The second-order valence-corrected chi connectivity index (χ2v) is 12.2. The average Bonchev–Trinajstić information content (AvgIpc) is 3.24. The van der Waals surface area contributed by atoms with Crippen LogP contribution in [0, 0.1) is 6.92 Å². The lowest BCUT2D eigenvalue weighted by molar-refractivity contribution is 0.0578. The molecule has 0 atom stereocenters. The van der Waals surface area contributed by atoms with Crippen molar-refractivity contribution in [1.29, 1.82) is 0 Å². The summed E-state index contributed by atoms with van der Waals surface area (Å²) in [5.74, 6) is -0.395. The van der Waals surface area contributed by atoms with E-state index in [0.29, 0.717) is 34.3 Å². The van der Waals surface area contributed by atoms with Gasteiger partial charge in [0.25, 0.3) is 5.91 Å². The number of thiazole rings is 1. The molecule has 214 valence electrons. The normalized spacial score (nSPS) is 11.5. The van der Waals surface area contributed by atoms with E-state index in [2.05, 4.69) is 20.6 Å². The van der Waals surface area contributed by atoms with Gasteiger partial charge >= 0.3 is 12.2 Å². The molecule has 0 saturated carbocycles. The SMILES string of the molecule is Cc1ccc(C(=O)Nc2ccc(N(CCc3csc(NC(=O)OC(C)(C)C)n3)C(=O)OC(C)(C)C)cc2)c(Cl)n1. The molecule has 0 aliphatic heterocycles. The molecule has 2 heterocycles. The fraction of sp³-hybridized carbons (Fsp3) is 0.393. The predicted octanol–water partition coefficient (Wildman–Crippen LogP) is 7.08. The number of benzene rings is 1. The minimum Gasteiger partial charge on any atom is -0.444 e. The van der Waals surface area contributed by atoms with Crippen molar-refractivity contribution in [2.24, 2.45) is 0 Å². The largest absolute Gasteiger partial charge is 0.444 e. The first kappa shape index (κ1) is 30.8. The average molecular weight is 588 g/mol. The molecular formula is C28H34ClN5O5S. The third kappa shape index (κ3) is 9.49. The summed E-state index contributed by atoms with van der Waals surface area (Å²) in [6, 6.07) is 10.1. The Morgan fingerprint density at radius 1 is 0.925 bits per heavy atom. The number of carbonyl (C=O) groups is 3. The Bertz CT molecular complexity index is 1360. The molecule has 40 heavy (non-hydrogen) atoms. The van der Waals surface area contributed by atoms with Crippen LogP contribution in [0.15, 0.2) is 41.8 Å². The third-order valence-electron chi connectivity index (χ3n) is 5.03. The summed E-state index contributed by atoms with van der Waals surface area (Å²) in [5.41, 5.74) is 1.43. The zero-order valence-electron chi connectivity index (χ0n) is 23.6. The summed E-state index contributed by atoms with van der Waals surface area (Å²) in [5, 5.41) is 7.75. The quantitative estimate of drug-likeness (QED) is 0.283. The van der Waals surface area contributed by atoms with Crippen LogP contribution in [0.25, 0.3) is 0 Å². The van der Waals surface area contributed by atoms with Gasteiger partial charge in [-0.2, -0.15) is 0 Å². The van der Waals surface area contributed by atoms with Gasteiger partial charge < -0.3 is 14.8 Å². The number of halogens is 1. The van der Waals surface area contributed by atoms with E-state index >= 15 is 0 Å². The first-order chi connectivity index (χ1) is 18.6. The smallest absolute Gasteiger partial charge is 0.414 e. The maximum atomic E-state index is 13.1. The number of nitrogens with zero attached hydrogens (tertiary/aromatic N) is 3. The zero-order chi connectivity index (χ0) is 29.7. The molecule has 0 aliphatic rings. The van der Waals surface area contributed by atoms with Crippen LogP contribution in [0.5, 0.6) is 0 Å². The van der Waals surface area contributed by atoms with E-state index in [0.717, 1.165) is 0 Å². The Morgan fingerprint density at radius 3 is 2.17 bits per heavy atom. The molecule has 0 spiro atoms. The molecule has 2 N–H and O–H groups in total. The van der Waals surface area contributed by atoms with E-state index in [9.17, 15) is 14.4 Å². The maximum absolute atomic E-state index is 13.1. The molecule has 0 unspecified atom stereocenters. The van der Waals surface area contributed by atoms with Gasteiger partial charge in [0.2, 0.25) is 0 Å². The fourth-order valence-electron chi connectivity index (χ4n) is 3.36. The second kappa shape index (κ2) is 12.6. The van der Waals surface area contributed by atoms with Crippen molar-refractivity contribution in [3.8, 4) is 0 Å². The summed E-state index contributed by atoms with van der Waals surface area (Å²) in [4.78, 5) is 47.9. The van der Waals surface area contributed by atoms with Gasteiger partial charge in [0.05, 0.1) is 11.3 Å². The first-order valence-electron chi connectivity index (χ1n) is 12.6. The number of aromatic nitrogens is 2. The number of amides is 3. The van der Waals surface area contributed by atoms with Gasteiger partial charge in [0.15, 0.2) is 5.13 Å². The number of hydrogen-bond acceptors (Lipinski definition) is 8. The molecule has 2 aromatic heterocycles. The van der Waals surface area contributed by atoms with E-state index in [4.69, 9.17) is 21.1 Å². The topological polar surface area (TPSA) is 123 Å². The number of carbonyl (C=O) groups excluding carboxylic acids is 3. The Morgan fingerprint density at radius 2 is 1.57 bits per heavy atom. The Hall–Kier alpha value is -3.70. The summed E-state index contributed by atoms with van der Waals surface area (Å²) in [7, 11) is 0. The molecule has 3 rings (SSSR count). The van der Waals surface area contributed by atoms with Crippen LogP contribution in [0.2, 0.25) is 5.15 Å². The van der Waals surface area contributed by atoms with E-state index in [1.54, 1.807) is 84.9 Å². The summed E-state index contributed by atoms with van der Waals surface area (Å²) in [6.45, 7) is 12.8. The Labute approximate surface area is 243 Å². The van der Waals surface area contributed by atoms with Crippen LogP contribution < -0.4 is 15.5 Å².